The standard InChI is InChI=1S/C19H28O3/c1-8-12(11-16(20)21)13-9-14(18(2,3)4)17(22)15(10-13)19(5,6)7/h8-10,22H,11H2,1-7H3,(H,20,21). The molecule has 0 saturated heterocycles. The summed E-state index contributed by atoms with van der Waals surface area (Å²) in [6.45, 7) is 14.1. The van der Waals surface area contributed by atoms with E-state index < -0.39 is 5.97 Å². The Morgan fingerprint density at radius 1 is 1.05 bits per heavy atom. The van der Waals surface area contributed by atoms with Gasteiger partial charge in [0, 0.05) is 11.1 Å². The molecule has 0 atom stereocenters. The molecule has 3 heteroatoms. The van der Waals surface area contributed by atoms with Gasteiger partial charge >= 0.3 is 5.97 Å². The van der Waals surface area contributed by atoms with Gasteiger partial charge in [-0.1, -0.05) is 47.6 Å². The molecule has 0 aliphatic rings. The molecule has 0 fully saturated rings. The highest BCUT2D eigenvalue weighted by Crippen LogP contribution is 2.41. The first-order valence-corrected chi connectivity index (χ1v) is 7.63. The van der Waals surface area contributed by atoms with Crippen molar-refractivity contribution >= 4 is 11.5 Å². The Morgan fingerprint density at radius 2 is 1.45 bits per heavy atom. The van der Waals surface area contributed by atoms with Gasteiger partial charge in [-0.05, 0) is 41.0 Å². The van der Waals surface area contributed by atoms with Gasteiger partial charge in [0.2, 0.25) is 0 Å². The summed E-state index contributed by atoms with van der Waals surface area (Å²) in [6, 6.07) is 3.84. The second-order valence-corrected chi connectivity index (χ2v) is 7.80. The monoisotopic (exact) mass is 304 g/mol. The van der Waals surface area contributed by atoms with Crippen molar-refractivity contribution in [3.05, 3.63) is 34.9 Å². The van der Waals surface area contributed by atoms with E-state index in [2.05, 4.69) is 0 Å². The number of rotatable bonds is 3. The fourth-order valence-corrected chi connectivity index (χ4v) is 2.50. The first-order valence-electron chi connectivity index (χ1n) is 7.63. The zero-order valence-electron chi connectivity index (χ0n) is 14.7. The summed E-state index contributed by atoms with van der Waals surface area (Å²) < 4.78 is 0. The predicted octanol–water partition coefficient (Wildman–Crippen LogP) is 4.87. The van der Waals surface area contributed by atoms with Crippen molar-refractivity contribution in [3.63, 3.8) is 0 Å². The molecular formula is C19H28O3. The van der Waals surface area contributed by atoms with E-state index in [1.165, 1.54) is 0 Å². The van der Waals surface area contributed by atoms with Gasteiger partial charge < -0.3 is 10.2 Å². The molecule has 0 aliphatic heterocycles. The summed E-state index contributed by atoms with van der Waals surface area (Å²) in [5, 5.41) is 19.8. The van der Waals surface area contributed by atoms with Crippen molar-refractivity contribution in [1.29, 1.82) is 0 Å². The molecule has 0 aliphatic carbocycles. The van der Waals surface area contributed by atoms with E-state index >= 15 is 0 Å². The molecule has 122 valence electrons. The summed E-state index contributed by atoms with van der Waals surface area (Å²) >= 11 is 0. The van der Waals surface area contributed by atoms with Crippen LogP contribution in [0.2, 0.25) is 0 Å². The number of phenols is 1. The molecule has 0 radical (unpaired) electrons. The largest absolute Gasteiger partial charge is 0.507 e. The Labute approximate surface area is 133 Å². The van der Waals surface area contributed by atoms with Gasteiger partial charge in [0.1, 0.15) is 5.75 Å². The van der Waals surface area contributed by atoms with Crippen molar-refractivity contribution in [1.82, 2.24) is 0 Å². The SMILES string of the molecule is CC=C(CC(=O)O)c1cc(C(C)(C)C)c(O)c(C(C)(C)C)c1. The van der Waals surface area contributed by atoms with Crippen molar-refractivity contribution in [2.45, 2.75) is 65.7 Å². The number of carboxylic acid groups (broad SMARTS) is 1. The maximum absolute atomic E-state index is 11.1. The maximum atomic E-state index is 11.1. The number of allylic oxidation sites excluding steroid dienone is 1. The third-order valence-corrected chi connectivity index (χ3v) is 3.79. The van der Waals surface area contributed by atoms with Crippen molar-refractivity contribution < 1.29 is 15.0 Å². The summed E-state index contributed by atoms with van der Waals surface area (Å²) in [5.74, 6) is -0.537. The lowest BCUT2D eigenvalue weighted by Crippen LogP contribution is -2.18. The van der Waals surface area contributed by atoms with Crippen LogP contribution in [-0.4, -0.2) is 16.2 Å². The van der Waals surface area contributed by atoms with E-state index in [4.69, 9.17) is 5.11 Å². The summed E-state index contributed by atoms with van der Waals surface area (Å²) in [4.78, 5) is 11.1. The Bertz CT molecular complexity index is 561. The molecule has 22 heavy (non-hydrogen) atoms. The van der Waals surface area contributed by atoms with E-state index in [1.807, 2.05) is 66.7 Å². The van der Waals surface area contributed by atoms with E-state index in [0.717, 1.165) is 22.3 Å². The zero-order chi connectivity index (χ0) is 17.3. The number of phenolic OH excluding ortho intramolecular Hbond substituents is 1. The lowest BCUT2D eigenvalue weighted by atomic mass is 9.77. The molecule has 0 aromatic heterocycles. The molecule has 0 heterocycles. The number of carboxylic acids is 1. The molecule has 0 amide bonds. The van der Waals surface area contributed by atoms with Crippen LogP contribution in [0.15, 0.2) is 18.2 Å². The van der Waals surface area contributed by atoms with Gasteiger partial charge in [-0.3, -0.25) is 4.79 Å². The zero-order valence-corrected chi connectivity index (χ0v) is 14.7. The highest BCUT2D eigenvalue weighted by Gasteiger charge is 2.27. The van der Waals surface area contributed by atoms with Crippen LogP contribution in [0.25, 0.3) is 5.57 Å². The van der Waals surface area contributed by atoms with Crippen molar-refractivity contribution in [3.8, 4) is 5.75 Å². The van der Waals surface area contributed by atoms with Crippen LogP contribution in [0, 0.1) is 0 Å². The van der Waals surface area contributed by atoms with Crippen LogP contribution in [0.4, 0.5) is 0 Å². The number of carbonyl (C=O) groups is 1. The topological polar surface area (TPSA) is 57.5 Å². The molecule has 2 N–H and O–H groups in total. The van der Waals surface area contributed by atoms with Gasteiger partial charge in [0.25, 0.3) is 0 Å². The first-order chi connectivity index (χ1) is 9.87. The number of aromatic hydroxyl groups is 1. The van der Waals surface area contributed by atoms with E-state index in [0.29, 0.717) is 5.75 Å². The molecule has 0 bridgehead atoms. The minimum Gasteiger partial charge on any atom is -0.507 e. The van der Waals surface area contributed by atoms with Crippen LogP contribution in [0.3, 0.4) is 0 Å². The van der Waals surface area contributed by atoms with Crippen LogP contribution in [0.1, 0.15) is 71.6 Å². The minimum atomic E-state index is -0.851. The lowest BCUT2D eigenvalue weighted by Gasteiger charge is -2.28. The van der Waals surface area contributed by atoms with Crippen LogP contribution in [0.5, 0.6) is 5.75 Å². The number of hydrogen-bond acceptors (Lipinski definition) is 2. The number of aliphatic carboxylic acids is 1. The second-order valence-electron chi connectivity index (χ2n) is 7.80. The fourth-order valence-electron chi connectivity index (χ4n) is 2.50. The van der Waals surface area contributed by atoms with Gasteiger partial charge in [-0.15, -0.1) is 0 Å². The molecule has 1 aromatic rings. The minimum absolute atomic E-state index is 0.0194. The van der Waals surface area contributed by atoms with Gasteiger partial charge in [-0.25, -0.2) is 0 Å². The van der Waals surface area contributed by atoms with Crippen LogP contribution < -0.4 is 0 Å². The molecular weight excluding hydrogens is 276 g/mol. The highest BCUT2D eigenvalue weighted by molar-refractivity contribution is 5.84. The molecule has 0 saturated carbocycles. The van der Waals surface area contributed by atoms with E-state index in [1.54, 1.807) is 0 Å². The average molecular weight is 304 g/mol. The fraction of sp³-hybridized carbons (Fsp3) is 0.526. The lowest BCUT2D eigenvalue weighted by molar-refractivity contribution is -0.135. The van der Waals surface area contributed by atoms with Crippen molar-refractivity contribution in [2.75, 3.05) is 0 Å². The highest BCUT2D eigenvalue weighted by atomic mass is 16.4. The molecule has 3 nitrogen and oxygen atoms in total. The summed E-state index contributed by atoms with van der Waals surface area (Å²) in [6.07, 6.45) is 1.81. The number of hydrogen-bond donors (Lipinski definition) is 2. The van der Waals surface area contributed by atoms with Crippen LogP contribution in [-0.2, 0) is 15.6 Å². The summed E-state index contributed by atoms with van der Waals surface area (Å²) in [5.41, 5.74) is 2.89. The van der Waals surface area contributed by atoms with Crippen LogP contribution >= 0.6 is 0 Å². The Morgan fingerprint density at radius 3 is 1.73 bits per heavy atom. The quantitative estimate of drug-likeness (QED) is 0.838. The first kappa shape index (κ1) is 18.3. The smallest absolute Gasteiger partial charge is 0.307 e. The van der Waals surface area contributed by atoms with Crippen molar-refractivity contribution in [2.24, 2.45) is 0 Å². The second kappa shape index (κ2) is 6.15. The molecule has 1 rings (SSSR count). The van der Waals surface area contributed by atoms with Gasteiger partial charge in [0.15, 0.2) is 0 Å². The van der Waals surface area contributed by atoms with E-state index in [-0.39, 0.29) is 17.3 Å². The Kier molecular flexibility index (Phi) is 5.11. The maximum Gasteiger partial charge on any atom is 0.307 e. The van der Waals surface area contributed by atoms with Gasteiger partial charge in [-0.2, -0.15) is 0 Å². The molecule has 1 aromatic carbocycles. The third-order valence-electron chi connectivity index (χ3n) is 3.79. The normalized spacial score (nSPS) is 13.3. The van der Waals surface area contributed by atoms with E-state index in [9.17, 15) is 9.90 Å². The third kappa shape index (κ3) is 4.12. The molecule has 0 spiro atoms. The summed E-state index contributed by atoms with van der Waals surface area (Å²) in [7, 11) is 0. The molecule has 0 unspecified atom stereocenters. The van der Waals surface area contributed by atoms with Gasteiger partial charge in [0.05, 0.1) is 6.42 Å². The Balaban J connectivity index is 3.64. The average Bonchev–Trinajstić information content (AvgIpc) is 2.33. The Hall–Kier alpha value is -1.77. The predicted molar refractivity (Wildman–Crippen MR) is 91.4 cm³/mol. The number of benzene rings is 1.